The molecule has 0 radical (unpaired) electrons. The zero-order valence-corrected chi connectivity index (χ0v) is 18.6. The fourth-order valence-corrected chi connectivity index (χ4v) is 2.80. The van der Waals surface area contributed by atoms with Crippen molar-refractivity contribution in [1.29, 1.82) is 0 Å². The van der Waals surface area contributed by atoms with Gasteiger partial charge in [-0.2, -0.15) is 0 Å². The topological polar surface area (TPSA) is 65.9 Å². The molecular formula is C21H30IN3O2. The minimum atomic E-state index is 0. The number of rotatable bonds is 8. The molecule has 0 fully saturated rings. The summed E-state index contributed by atoms with van der Waals surface area (Å²) in [4.78, 5) is 4.26. The van der Waals surface area contributed by atoms with Crippen molar-refractivity contribution in [3.8, 4) is 5.75 Å². The summed E-state index contributed by atoms with van der Waals surface area (Å²) in [6.45, 7) is 3.52. The van der Waals surface area contributed by atoms with Crippen LogP contribution in [-0.2, 0) is 6.42 Å². The van der Waals surface area contributed by atoms with E-state index in [1.54, 1.807) is 14.2 Å². The minimum absolute atomic E-state index is 0. The lowest BCUT2D eigenvalue weighted by molar-refractivity contribution is 0.265. The van der Waals surface area contributed by atoms with Crippen LogP contribution >= 0.6 is 24.0 Å². The molecule has 0 saturated carbocycles. The fourth-order valence-electron chi connectivity index (χ4n) is 2.80. The molecule has 2 aromatic carbocycles. The summed E-state index contributed by atoms with van der Waals surface area (Å²) in [5.41, 5.74) is 3.47. The van der Waals surface area contributed by atoms with E-state index in [1.807, 2.05) is 37.3 Å². The Kier molecular flexibility index (Phi) is 10.8. The third kappa shape index (κ3) is 7.38. The molecule has 6 heteroatoms. The van der Waals surface area contributed by atoms with Crippen LogP contribution in [0.1, 0.15) is 22.6 Å². The number of benzene rings is 2. The summed E-state index contributed by atoms with van der Waals surface area (Å²) in [6, 6.07) is 16.3. The van der Waals surface area contributed by atoms with Crippen molar-refractivity contribution in [1.82, 2.24) is 10.6 Å². The van der Waals surface area contributed by atoms with Crippen molar-refractivity contribution in [3.05, 3.63) is 65.2 Å². The molecule has 0 aliphatic rings. The lowest BCUT2D eigenvalue weighted by atomic mass is 10.0. The van der Waals surface area contributed by atoms with Gasteiger partial charge in [-0.05, 0) is 36.1 Å². The molecule has 0 aromatic heterocycles. The molecule has 2 rings (SSSR count). The molecule has 0 spiro atoms. The molecule has 0 aliphatic heterocycles. The quantitative estimate of drug-likeness (QED) is 0.307. The molecule has 148 valence electrons. The standard InChI is InChI=1S/C21H29N3O2.HI/c1-16-9-10-17(13-20(16)26-3)11-12-23-21(22-2)24-14-19(15-25)18-7-5-4-6-8-18;/h4-10,13,19,25H,11-12,14-15H2,1-3H3,(H2,22,23,24);1H. The average Bonchev–Trinajstić information content (AvgIpc) is 2.69. The van der Waals surface area contributed by atoms with Gasteiger partial charge in [-0.1, -0.05) is 42.5 Å². The molecule has 2 aromatic rings. The maximum absolute atomic E-state index is 9.65. The number of aryl methyl sites for hydroxylation is 1. The number of aliphatic hydroxyl groups excluding tert-OH is 1. The maximum atomic E-state index is 9.65. The largest absolute Gasteiger partial charge is 0.496 e. The van der Waals surface area contributed by atoms with Crippen molar-refractivity contribution >= 4 is 29.9 Å². The SMILES string of the molecule is CN=C(NCCc1ccc(C)c(OC)c1)NCC(CO)c1ccccc1.I. The second-order valence-corrected chi connectivity index (χ2v) is 6.22. The summed E-state index contributed by atoms with van der Waals surface area (Å²) in [5.74, 6) is 1.69. The van der Waals surface area contributed by atoms with Crippen LogP contribution in [0.25, 0.3) is 0 Å². The van der Waals surface area contributed by atoms with E-state index >= 15 is 0 Å². The zero-order valence-electron chi connectivity index (χ0n) is 16.2. The molecule has 3 N–H and O–H groups in total. The lowest BCUT2D eigenvalue weighted by Gasteiger charge is -2.18. The highest BCUT2D eigenvalue weighted by Gasteiger charge is 2.10. The van der Waals surface area contributed by atoms with Crippen LogP contribution in [0.15, 0.2) is 53.5 Å². The highest BCUT2D eigenvalue weighted by atomic mass is 127. The minimum Gasteiger partial charge on any atom is -0.496 e. The Labute approximate surface area is 179 Å². The number of ether oxygens (including phenoxy) is 1. The molecular weight excluding hydrogens is 453 g/mol. The van der Waals surface area contributed by atoms with E-state index < -0.39 is 0 Å². The number of hydrogen-bond acceptors (Lipinski definition) is 3. The first kappa shape index (κ1) is 23.2. The highest BCUT2D eigenvalue weighted by molar-refractivity contribution is 14.0. The summed E-state index contributed by atoms with van der Waals surface area (Å²) in [7, 11) is 3.45. The first-order valence-electron chi connectivity index (χ1n) is 8.91. The normalized spacial score (nSPS) is 12.1. The van der Waals surface area contributed by atoms with Gasteiger partial charge in [0.05, 0.1) is 13.7 Å². The van der Waals surface area contributed by atoms with Crippen LogP contribution in [0.2, 0.25) is 0 Å². The van der Waals surface area contributed by atoms with Gasteiger partial charge in [-0.3, -0.25) is 4.99 Å². The van der Waals surface area contributed by atoms with E-state index in [0.29, 0.717) is 6.54 Å². The van der Waals surface area contributed by atoms with Gasteiger partial charge in [-0.25, -0.2) is 0 Å². The maximum Gasteiger partial charge on any atom is 0.191 e. The van der Waals surface area contributed by atoms with Gasteiger partial charge < -0.3 is 20.5 Å². The number of halogens is 1. The van der Waals surface area contributed by atoms with E-state index in [9.17, 15) is 5.11 Å². The Hall–Kier alpha value is -1.80. The van der Waals surface area contributed by atoms with Crippen molar-refractivity contribution < 1.29 is 9.84 Å². The zero-order chi connectivity index (χ0) is 18.8. The van der Waals surface area contributed by atoms with Crippen molar-refractivity contribution in [2.45, 2.75) is 19.3 Å². The third-order valence-corrected chi connectivity index (χ3v) is 4.41. The van der Waals surface area contributed by atoms with E-state index in [-0.39, 0.29) is 36.5 Å². The van der Waals surface area contributed by atoms with Crippen LogP contribution in [0.5, 0.6) is 5.75 Å². The van der Waals surface area contributed by atoms with E-state index in [1.165, 1.54) is 5.56 Å². The van der Waals surface area contributed by atoms with E-state index in [0.717, 1.165) is 35.8 Å². The molecule has 0 aliphatic carbocycles. The number of aliphatic hydroxyl groups is 1. The number of aliphatic imine (C=N–C) groups is 1. The van der Waals surface area contributed by atoms with Gasteiger partial charge in [0, 0.05) is 26.1 Å². The Balaban J connectivity index is 0.00000364. The summed E-state index contributed by atoms with van der Waals surface area (Å²) < 4.78 is 5.37. The van der Waals surface area contributed by atoms with Gasteiger partial charge in [0.15, 0.2) is 5.96 Å². The Morgan fingerprint density at radius 3 is 2.52 bits per heavy atom. The third-order valence-electron chi connectivity index (χ3n) is 4.41. The molecule has 27 heavy (non-hydrogen) atoms. The monoisotopic (exact) mass is 483 g/mol. The molecule has 0 amide bonds. The second-order valence-electron chi connectivity index (χ2n) is 6.22. The molecule has 1 unspecified atom stereocenters. The van der Waals surface area contributed by atoms with Crippen LogP contribution in [0, 0.1) is 6.92 Å². The molecule has 5 nitrogen and oxygen atoms in total. The number of nitrogens with one attached hydrogen (secondary N) is 2. The summed E-state index contributed by atoms with van der Waals surface area (Å²) in [5, 5.41) is 16.3. The number of nitrogens with zero attached hydrogens (tertiary/aromatic N) is 1. The average molecular weight is 483 g/mol. The van der Waals surface area contributed by atoms with Gasteiger partial charge in [0.2, 0.25) is 0 Å². The highest BCUT2D eigenvalue weighted by Crippen LogP contribution is 2.19. The van der Waals surface area contributed by atoms with Crippen molar-refractivity contribution in [2.24, 2.45) is 4.99 Å². The Morgan fingerprint density at radius 1 is 1.15 bits per heavy atom. The predicted molar refractivity (Wildman–Crippen MR) is 122 cm³/mol. The van der Waals surface area contributed by atoms with Crippen LogP contribution < -0.4 is 15.4 Å². The molecule has 0 bridgehead atoms. The number of hydrogen-bond donors (Lipinski definition) is 3. The van der Waals surface area contributed by atoms with Gasteiger partial charge in [0.25, 0.3) is 0 Å². The van der Waals surface area contributed by atoms with Crippen LogP contribution in [-0.4, -0.2) is 44.9 Å². The summed E-state index contributed by atoms with van der Waals surface area (Å²) >= 11 is 0. The van der Waals surface area contributed by atoms with Crippen molar-refractivity contribution in [2.75, 3.05) is 33.9 Å². The van der Waals surface area contributed by atoms with Crippen LogP contribution in [0.4, 0.5) is 0 Å². The van der Waals surface area contributed by atoms with Gasteiger partial charge in [0.1, 0.15) is 5.75 Å². The Bertz CT molecular complexity index is 708. The number of guanidine groups is 1. The fraction of sp³-hybridized carbons (Fsp3) is 0.381. The molecule has 0 saturated heterocycles. The molecule has 1 atom stereocenters. The summed E-state index contributed by atoms with van der Waals surface area (Å²) in [6.07, 6.45) is 0.874. The van der Waals surface area contributed by atoms with E-state index in [4.69, 9.17) is 4.74 Å². The lowest BCUT2D eigenvalue weighted by Crippen LogP contribution is -2.40. The van der Waals surface area contributed by atoms with Crippen molar-refractivity contribution in [3.63, 3.8) is 0 Å². The smallest absolute Gasteiger partial charge is 0.191 e. The van der Waals surface area contributed by atoms with Gasteiger partial charge in [-0.15, -0.1) is 24.0 Å². The second kappa shape index (κ2) is 12.6. The number of methoxy groups -OCH3 is 1. The van der Waals surface area contributed by atoms with E-state index in [2.05, 4.69) is 33.8 Å². The first-order chi connectivity index (χ1) is 12.7. The first-order valence-corrected chi connectivity index (χ1v) is 8.91. The predicted octanol–water partition coefficient (Wildman–Crippen LogP) is 3.11. The van der Waals surface area contributed by atoms with Gasteiger partial charge >= 0.3 is 0 Å². The molecule has 0 heterocycles. The van der Waals surface area contributed by atoms with Crippen LogP contribution in [0.3, 0.4) is 0 Å². The Morgan fingerprint density at radius 2 is 1.89 bits per heavy atom.